The van der Waals surface area contributed by atoms with Gasteiger partial charge in [-0.1, -0.05) is 6.07 Å². The lowest BCUT2D eigenvalue weighted by molar-refractivity contribution is -0.125. The maximum Gasteiger partial charge on any atom is 0.237 e. The molecule has 1 aliphatic heterocycles. The molecule has 2 atom stereocenters. The average molecular weight is 292 g/mol. The molecule has 0 spiro atoms. The molecule has 0 aliphatic carbocycles. The van der Waals surface area contributed by atoms with Crippen molar-refractivity contribution in [2.75, 3.05) is 27.8 Å². The normalized spacial score (nSPS) is 22.1. The summed E-state index contributed by atoms with van der Waals surface area (Å²) in [4.78, 5) is 14.2. The number of nitrogens with one attached hydrogen (secondary N) is 1. The van der Waals surface area contributed by atoms with Crippen molar-refractivity contribution in [1.82, 2.24) is 10.2 Å². The maximum atomic E-state index is 12.1. The molecule has 1 aromatic carbocycles. The van der Waals surface area contributed by atoms with Gasteiger partial charge in [-0.3, -0.25) is 9.69 Å². The molecule has 0 aromatic heterocycles. The van der Waals surface area contributed by atoms with Crippen molar-refractivity contribution >= 4 is 5.91 Å². The summed E-state index contributed by atoms with van der Waals surface area (Å²) in [5.41, 5.74) is 1.15. The molecule has 1 aromatic rings. The zero-order valence-electron chi connectivity index (χ0n) is 13.2. The van der Waals surface area contributed by atoms with Crippen LogP contribution < -0.4 is 14.8 Å². The molecular formula is C16H24N2O3. The Morgan fingerprint density at radius 3 is 2.62 bits per heavy atom. The lowest BCUT2D eigenvalue weighted by atomic mass is 10.0. The van der Waals surface area contributed by atoms with E-state index in [9.17, 15) is 4.79 Å². The number of amides is 1. The Labute approximate surface area is 126 Å². The Bertz CT molecular complexity index is 504. The lowest BCUT2D eigenvalue weighted by Crippen LogP contribution is -2.41. The summed E-state index contributed by atoms with van der Waals surface area (Å²) in [5, 5.41) is 2.91. The lowest BCUT2D eigenvalue weighted by Gasteiger charge is -2.25. The van der Waals surface area contributed by atoms with Crippen LogP contribution in [0, 0.1) is 0 Å². The van der Waals surface area contributed by atoms with E-state index in [0.29, 0.717) is 6.54 Å². The second-order valence-corrected chi connectivity index (χ2v) is 5.28. The minimum Gasteiger partial charge on any atom is -0.493 e. The van der Waals surface area contributed by atoms with Gasteiger partial charge in [0.15, 0.2) is 11.5 Å². The minimum atomic E-state index is -0.0527. The van der Waals surface area contributed by atoms with Crippen LogP contribution in [0.1, 0.15) is 31.4 Å². The molecular weight excluding hydrogens is 268 g/mol. The zero-order valence-corrected chi connectivity index (χ0v) is 13.2. The summed E-state index contributed by atoms with van der Waals surface area (Å²) in [6.45, 7) is 2.61. The van der Waals surface area contributed by atoms with E-state index in [4.69, 9.17) is 9.47 Å². The minimum absolute atomic E-state index is 0.0527. The van der Waals surface area contributed by atoms with Crippen molar-refractivity contribution in [2.45, 2.75) is 31.8 Å². The van der Waals surface area contributed by atoms with Crippen LogP contribution in [0.3, 0.4) is 0 Å². The van der Waals surface area contributed by atoms with Gasteiger partial charge in [-0.15, -0.1) is 0 Å². The number of hydrogen-bond acceptors (Lipinski definition) is 4. The van der Waals surface area contributed by atoms with Gasteiger partial charge in [0.2, 0.25) is 5.91 Å². The first-order valence-electron chi connectivity index (χ1n) is 7.34. The number of ether oxygens (including phenoxy) is 2. The molecule has 116 valence electrons. The quantitative estimate of drug-likeness (QED) is 0.901. The van der Waals surface area contributed by atoms with Crippen LogP contribution in [-0.2, 0) is 4.79 Å². The fourth-order valence-electron chi connectivity index (χ4n) is 3.01. The van der Waals surface area contributed by atoms with Gasteiger partial charge >= 0.3 is 0 Å². The van der Waals surface area contributed by atoms with Gasteiger partial charge in [-0.2, -0.15) is 0 Å². The monoisotopic (exact) mass is 292 g/mol. The van der Waals surface area contributed by atoms with Gasteiger partial charge in [0, 0.05) is 12.6 Å². The van der Waals surface area contributed by atoms with E-state index in [2.05, 4.69) is 10.2 Å². The third-order valence-electron chi connectivity index (χ3n) is 4.14. The van der Waals surface area contributed by atoms with Gasteiger partial charge in [0.05, 0.1) is 20.3 Å². The average Bonchev–Trinajstić information content (AvgIpc) is 2.88. The van der Waals surface area contributed by atoms with Crippen LogP contribution in [0.15, 0.2) is 18.2 Å². The molecule has 1 heterocycles. The molecule has 1 aliphatic rings. The zero-order chi connectivity index (χ0) is 15.4. The number of methoxy groups -OCH3 is 2. The third kappa shape index (κ3) is 3.13. The van der Waals surface area contributed by atoms with Gasteiger partial charge in [-0.25, -0.2) is 0 Å². The summed E-state index contributed by atoms with van der Waals surface area (Å²) >= 11 is 0. The molecule has 0 bridgehead atoms. The summed E-state index contributed by atoms with van der Waals surface area (Å²) in [6.07, 6.45) is 1.84. The summed E-state index contributed by atoms with van der Waals surface area (Å²) in [5.74, 6) is 1.56. The topological polar surface area (TPSA) is 50.8 Å². The first-order valence-corrected chi connectivity index (χ1v) is 7.34. The molecule has 5 heteroatoms. The molecule has 0 saturated carbocycles. The van der Waals surface area contributed by atoms with Crippen LogP contribution in [0.4, 0.5) is 0 Å². The molecule has 1 N–H and O–H groups in total. The third-order valence-corrected chi connectivity index (χ3v) is 4.14. The molecule has 2 rings (SSSR count). The number of carbonyl (C=O) groups excluding carboxylic acids is 1. The van der Waals surface area contributed by atoms with Gasteiger partial charge < -0.3 is 14.8 Å². The van der Waals surface area contributed by atoms with Crippen LogP contribution >= 0.6 is 0 Å². The van der Waals surface area contributed by atoms with Crippen molar-refractivity contribution in [3.63, 3.8) is 0 Å². The highest BCUT2D eigenvalue weighted by atomic mass is 16.5. The number of rotatable bonds is 5. The number of carbonyl (C=O) groups is 1. The predicted molar refractivity (Wildman–Crippen MR) is 81.8 cm³/mol. The molecule has 2 unspecified atom stereocenters. The SMILES string of the molecule is CCNC(=O)C1CCC(c2ccc(OC)c(OC)c2)N1C. The second-order valence-electron chi connectivity index (χ2n) is 5.28. The number of likely N-dealkylation sites (tertiary alicyclic amines) is 1. The van der Waals surface area contributed by atoms with Gasteiger partial charge in [-0.05, 0) is 44.5 Å². The molecule has 0 radical (unpaired) electrons. The summed E-state index contributed by atoms with van der Waals surface area (Å²) < 4.78 is 10.6. The van der Waals surface area contributed by atoms with E-state index in [-0.39, 0.29) is 18.0 Å². The highest BCUT2D eigenvalue weighted by Crippen LogP contribution is 2.38. The van der Waals surface area contributed by atoms with Crippen molar-refractivity contribution in [2.24, 2.45) is 0 Å². The summed E-state index contributed by atoms with van der Waals surface area (Å²) in [7, 11) is 5.27. The smallest absolute Gasteiger partial charge is 0.237 e. The van der Waals surface area contributed by atoms with Crippen LogP contribution in [0.25, 0.3) is 0 Å². The van der Waals surface area contributed by atoms with Crippen molar-refractivity contribution in [3.8, 4) is 11.5 Å². The van der Waals surface area contributed by atoms with E-state index in [1.807, 2.05) is 32.2 Å². The Morgan fingerprint density at radius 2 is 2.00 bits per heavy atom. The van der Waals surface area contributed by atoms with E-state index >= 15 is 0 Å². The predicted octanol–water partition coefficient (Wildman–Crippen LogP) is 1.98. The van der Waals surface area contributed by atoms with Crippen molar-refractivity contribution < 1.29 is 14.3 Å². The first-order chi connectivity index (χ1) is 10.1. The Balaban J connectivity index is 2.18. The number of nitrogens with zero attached hydrogens (tertiary/aromatic N) is 1. The molecule has 1 fully saturated rings. The molecule has 1 amide bonds. The highest BCUT2D eigenvalue weighted by molar-refractivity contribution is 5.82. The Kier molecular flexibility index (Phi) is 5.07. The highest BCUT2D eigenvalue weighted by Gasteiger charge is 2.35. The van der Waals surface area contributed by atoms with E-state index < -0.39 is 0 Å². The number of likely N-dealkylation sites (N-methyl/N-ethyl adjacent to an activating group) is 2. The number of hydrogen-bond donors (Lipinski definition) is 1. The van der Waals surface area contributed by atoms with Gasteiger partial charge in [0.1, 0.15) is 0 Å². The van der Waals surface area contributed by atoms with Crippen LogP contribution in [0.2, 0.25) is 0 Å². The van der Waals surface area contributed by atoms with Crippen LogP contribution in [0.5, 0.6) is 11.5 Å². The number of benzene rings is 1. The fourth-order valence-corrected chi connectivity index (χ4v) is 3.01. The Morgan fingerprint density at radius 1 is 1.29 bits per heavy atom. The molecule has 21 heavy (non-hydrogen) atoms. The van der Waals surface area contributed by atoms with E-state index in [1.54, 1.807) is 14.2 Å². The van der Waals surface area contributed by atoms with E-state index in [1.165, 1.54) is 0 Å². The molecule has 5 nitrogen and oxygen atoms in total. The van der Waals surface area contributed by atoms with Crippen molar-refractivity contribution in [3.05, 3.63) is 23.8 Å². The molecule has 1 saturated heterocycles. The largest absolute Gasteiger partial charge is 0.493 e. The fraction of sp³-hybridized carbons (Fsp3) is 0.562. The van der Waals surface area contributed by atoms with E-state index in [0.717, 1.165) is 29.9 Å². The van der Waals surface area contributed by atoms with Crippen molar-refractivity contribution in [1.29, 1.82) is 0 Å². The maximum absolute atomic E-state index is 12.1. The Hall–Kier alpha value is -1.75. The van der Waals surface area contributed by atoms with Crippen LogP contribution in [-0.4, -0.2) is 44.7 Å². The standard InChI is InChI=1S/C16H24N2O3/c1-5-17-16(19)13-8-7-12(18(13)2)11-6-9-14(20-3)15(10-11)21-4/h6,9-10,12-13H,5,7-8H2,1-4H3,(H,17,19). The second kappa shape index (κ2) is 6.80. The summed E-state index contributed by atoms with van der Waals surface area (Å²) in [6, 6.07) is 6.14. The first kappa shape index (κ1) is 15.6. The van der Waals surface area contributed by atoms with Gasteiger partial charge in [0.25, 0.3) is 0 Å².